The SMILES string of the molecule is CCc1nnc2c(N3CC(N(C)c4cc(C5CCC5)ncn4)C3)nccn12. The van der Waals surface area contributed by atoms with Crippen molar-refractivity contribution < 1.29 is 0 Å². The molecule has 1 saturated carbocycles. The van der Waals surface area contributed by atoms with E-state index < -0.39 is 0 Å². The lowest BCUT2D eigenvalue weighted by atomic mass is 9.83. The molecule has 1 aliphatic carbocycles. The molecular formula is C19H24N8. The molecule has 0 unspecified atom stereocenters. The van der Waals surface area contributed by atoms with Gasteiger partial charge in [0, 0.05) is 56.6 Å². The van der Waals surface area contributed by atoms with Gasteiger partial charge in [0.15, 0.2) is 5.82 Å². The van der Waals surface area contributed by atoms with Gasteiger partial charge >= 0.3 is 0 Å². The first kappa shape index (κ1) is 16.4. The van der Waals surface area contributed by atoms with E-state index in [1.165, 1.54) is 25.0 Å². The molecule has 5 rings (SSSR count). The Morgan fingerprint density at radius 3 is 2.74 bits per heavy atom. The Balaban J connectivity index is 1.31. The van der Waals surface area contributed by atoms with E-state index in [4.69, 9.17) is 0 Å². The topological polar surface area (TPSA) is 75.3 Å². The average molecular weight is 364 g/mol. The third-order valence-electron chi connectivity index (χ3n) is 5.96. The molecule has 4 heterocycles. The Morgan fingerprint density at radius 2 is 2.00 bits per heavy atom. The van der Waals surface area contributed by atoms with Gasteiger partial charge in [-0.2, -0.15) is 0 Å². The fraction of sp³-hybridized carbons (Fsp3) is 0.526. The number of aryl methyl sites for hydroxylation is 1. The van der Waals surface area contributed by atoms with Crippen molar-refractivity contribution in [3.05, 3.63) is 36.3 Å². The first-order valence-corrected chi connectivity index (χ1v) is 9.73. The van der Waals surface area contributed by atoms with Crippen molar-refractivity contribution in [3.8, 4) is 0 Å². The van der Waals surface area contributed by atoms with E-state index in [1.54, 1.807) is 6.33 Å². The number of nitrogens with zero attached hydrogens (tertiary/aromatic N) is 8. The van der Waals surface area contributed by atoms with Crippen LogP contribution in [0.2, 0.25) is 0 Å². The summed E-state index contributed by atoms with van der Waals surface area (Å²) in [6.45, 7) is 3.89. The largest absolute Gasteiger partial charge is 0.353 e. The molecule has 1 aliphatic heterocycles. The third kappa shape index (κ3) is 2.70. The Bertz CT molecular complexity index is 957. The van der Waals surface area contributed by atoms with E-state index in [1.807, 2.05) is 16.8 Å². The maximum atomic E-state index is 4.56. The first-order chi connectivity index (χ1) is 13.2. The quantitative estimate of drug-likeness (QED) is 0.686. The molecule has 0 N–H and O–H groups in total. The van der Waals surface area contributed by atoms with Crippen molar-refractivity contribution in [3.63, 3.8) is 0 Å². The molecule has 0 atom stereocenters. The van der Waals surface area contributed by atoms with Crippen molar-refractivity contribution in [1.82, 2.24) is 29.5 Å². The number of likely N-dealkylation sites (N-methyl/N-ethyl adjacent to an activating group) is 1. The Morgan fingerprint density at radius 1 is 1.15 bits per heavy atom. The van der Waals surface area contributed by atoms with Crippen molar-refractivity contribution in [2.45, 2.75) is 44.6 Å². The van der Waals surface area contributed by atoms with Gasteiger partial charge in [-0.1, -0.05) is 13.3 Å². The Hall–Kier alpha value is -2.77. The minimum absolute atomic E-state index is 0.407. The van der Waals surface area contributed by atoms with Gasteiger partial charge in [-0.3, -0.25) is 4.40 Å². The molecule has 0 amide bonds. The molecule has 0 aromatic carbocycles. The highest BCUT2D eigenvalue weighted by atomic mass is 15.4. The normalized spacial score (nSPS) is 17.8. The van der Waals surface area contributed by atoms with Gasteiger partial charge in [0.1, 0.15) is 18.0 Å². The maximum Gasteiger partial charge on any atom is 0.203 e. The highest BCUT2D eigenvalue weighted by molar-refractivity contribution is 5.66. The van der Waals surface area contributed by atoms with Gasteiger partial charge in [0.05, 0.1) is 6.04 Å². The summed E-state index contributed by atoms with van der Waals surface area (Å²) in [5.74, 6) is 3.51. The van der Waals surface area contributed by atoms with E-state index in [0.29, 0.717) is 12.0 Å². The Kier molecular flexibility index (Phi) is 3.91. The minimum Gasteiger partial charge on any atom is -0.353 e. The third-order valence-corrected chi connectivity index (χ3v) is 5.96. The first-order valence-electron chi connectivity index (χ1n) is 9.73. The maximum absolute atomic E-state index is 4.56. The van der Waals surface area contributed by atoms with E-state index in [0.717, 1.165) is 42.6 Å². The Labute approximate surface area is 158 Å². The molecule has 3 aromatic rings. The van der Waals surface area contributed by atoms with Crippen LogP contribution in [0.4, 0.5) is 11.6 Å². The standard InChI is InChI=1S/C19H24N8/c1-3-16-23-24-19-18(20-7-8-27(16)19)26-10-14(11-26)25(2)17-9-15(21-12-22-17)13-5-4-6-13/h7-9,12-14H,3-6,10-11H2,1-2H3. The smallest absolute Gasteiger partial charge is 0.203 e. The van der Waals surface area contributed by atoms with Crippen LogP contribution in [-0.4, -0.2) is 55.7 Å². The summed E-state index contributed by atoms with van der Waals surface area (Å²) in [7, 11) is 2.12. The molecule has 27 heavy (non-hydrogen) atoms. The van der Waals surface area contributed by atoms with E-state index >= 15 is 0 Å². The van der Waals surface area contributed by atoms with E-state index in [9.17, 15) is 0 Å². The van der Waals surface area contributed by atoms with E-state index in [2.05, 4.69) is 55.0 Å². The molecule has 8 heteroatoms. The van der Waals surface area contributed by atoms with Gasteiger partial charge in [0.2, 0.25) is 5.65 Å². The van der Waals surface area contributed by atoms with Crippen molar-refractivity contribution in [2.24, 2.45) is 0 Å². The molecule has 0 radical (unpaired) electrons. The summed E-state index contributed by atoms with van der Waals surface area (Å²) >= 11 is 0. The minimum atomic E-state index is 0.407. The zero-order valence-electron chi connectivity index (χ0n) is 15.8. The van der Waals surface area contributed by atoms with Crippen LogP contribution < -0.4 is 9.80 Å². The van der Waals surface area contributed by atoms with Crippen molar-refractivity contribution in [1.29, 1.82) is 0 Å². The molecular weight excluding hydrogens is 340 g/mol. The summed E-state index contributed by atoms with van der Waals surface area (Å²) in [6.07, 6.45) is 10.2. The highest BCUT2D eigenvalue weighted by Crippen LogP contribution is 2.36. The number of hydrogen-bond donors (Lipinski definition) is 0. The van der Waals surface area contributed by atoms with Crippen LogP contribution in [-0.2, 0) is 6.42 Å². The average Bonchev–Trinajstić information content (AvgIpc) is 3.03. The molecule has 8 nitrogen and oxygen atoms in total. The molecule has 140 valence electrons. The fourth-order valence-corrected chi connectivity index (χ4v) is 3.87. The van der Waals surface area contributed by atoms with Crippen LogP contribution in [0.15, 0.2) is 24.8 Å². The number of aromatic nitrogens is 6. The predicted octanol–water partition coefficient (Wildman–Crippen LogP) is 2.07. The van der Waals surface area contributed by atoms with Crippen LogP contribution in [0.1, 0.15) is 43.6 Å². The number of anilines is 2. The van der Waals surface area contributed by atoms with Gasteiger partial charge in [-0.15, -0.1) is 10.2 Å². The highest BCUT2D eigenvalue weighted by Gasteiger charge is 2.33. The van der Waals surface area contributed by atoms with Crippen LogP contribution >= 0.6 is 0 Å². The zero-order chi connectivity index (χ0) is 18.4. The fourth-order valence-electron chi connectivity index (χ4n) is 3.87. The van der Waals surface area contributed by atoms with Gasteiger partial charge in [0.25, 0.3) is 0 Å². The van der Waals surface area contributed by atoms with Gasteiger partial charge < -0.3 is 9.80 Å². The van der Waals surface area contributed by atoms with Gasteiger partial charge in [-0.25, -0.2) is 15.0 Å². The lowest BCUT2D eigenvalue weighted by Crippen LogP contribution is -2.59. The van der Waals surface area contributed by atoms with Crippen LogP contribution in [0.25, 0.3) is 5.65 Å². The van der Waals surface area contributed by atoms with Crippen LogP contribution in [0.5, 0.6) is 0 Å². The summed E-state index contributed by atoms with van der Waals surface area (Å²) in [5.41, 5.74) is 2.03. The van der Waals surface area contributed by atoms with Gasteiger partial charge in [-0.05, 0) is 12.8 Å². The number of rotatable bonds is 5. The molecule has 3 aromatic heterocycles. The molecule has 0 bridgehead atoms. The summed E-state index contributed by atoms with van der Waals surface area (Å²) in [5, 5.41) is 8.62. The second-order valence-corrected chi connectivity index (χ2v) is 7.51. The summed E-state index contributed by atoms with van der Waals surface area (Å²) in [6, 6.07) is 2.57. The number of fused-ring (bicyclic) bond motifs is 1. The molecule has 1 saturated heterocycles. The summed E-state index contributed by atoms with van der Waals surface area (Å²) < 4.78 is 2.04. The summed E-state index contributed by atoms with van der Waals surface area (Å²) in [4.78, 5) is 18.1. The lowest BCUT2D eigenvalue weighted by molar-refractivity contribution is 0.410. The van der Waals surface area contributed by atoms with E-state index in [-0.39, 0.29) is 0 Å². The second kappa shape index (κ2) is 6.44. The monoisotopic (exact) mass is 364 g/mol. The predicted molar refractivity (Wildman–Crippen MR) is 103 cm³/mol. The zero-order valence-corrected chi connectivity index (χ0v) is 15.8. The molecule has 2 fully saturated rings. The van der Waals surface area contributed by atoms with Crippen LogP contribution in [0.3, 0.4) is 0 Å². The molecule has 2 aliphatic rings. The van der Waals surface area contributed by atoms with Crippen molar-refractivity contribution >= 4 is 17.3 Å². The molecule has 0 spiro atoms. The lowest BCUT2D eigenvalue weighted by Gasteiger charge is -2.45. The van der Waals surface area contributed by atoms with Crippen molar-refractivity contribution in [2.75, 3.05) is 29.9 Å². The van der Waals surface area contributed by atoms with Crippen LogP contribution in [0, 0.1) is 0 Å². The second-order valence-electron chi connectivity index (χ2n) is 7.51. The number of hydrogen-bond acceptors (Lipinski definition) is 7.